The van der Waals surface area contributed by atoms with Gasteiger partial charge in [-0.1, -0.05) is 0 Å². The molecule has 0 aliphatic carbocycles. The molecule has 0 bridgehead atoms. The Labute approximate surface area is 98.5 Å². The molecule has 1 atom stereocenters. The molecule has 0 saturated heterocycles. The van der Waals surface area contributed by atoms with E-state index in [2.05, 4.69) is 4.74 Å². The second kappa shape index (κ2) is 6.37. The van der Waals surface area contributed by atoms with Gasteiger partial charge in [0.25, 0.3) is 0 Å². The Hall–Kier alpha value is -0.233. The molecule has 0 spiro atoms. The second-order valence-corrected chi connectivity index (χ2v) is 3.21. The van der Waals surface area contributed by atoms with E-state index in [0.717, 1.165) is 0 Å². The summed E-state index contributed by atoms with van der Waals surface area (Å²) in [5.41, 5.74) is 0. The number of halogens is 3. The average Bonchev–Trinajstić information content (AvgIpc) is 1.78. The zero-order valence-electron chi connectivity index (χ0n) is 8.20. The molecule has 0 radical (unpaired) electrons. The van der Waals surface area contributed by atoms with Gasteiger partial charge in [0.2, 0.25) is 0 Å². The molecule has 1 unspecified atom stereocenters. The van der Waals surface area contributed by atoms with E-state index in [4.69, 9.17) is 0 Å². The summed E-state index contributed by atoms with van der Waals surface area (Å²) in [6.45, 7) is 2.58. The molecule has 84 valence electrons. The molecule has 0 N–H and O–H groups in total. The van der Waals surface area contributed by atoms with E-state index in [1.54, 1.807) is 0 Å². The van der Waals surface area contributed by atoms with Crippen molar-refractivity contribution in [3.05, 3.63) is 0 Å². The van der Waals surface area contributed by atoms with Gasteiger partial charge in [0.1, 0.15) is 0 Å². The third kappa shape index (κ3) is 6.04. The van der Waals surface area contributed by atoms with Crippen LogP contribution in [0.2, 0.25) is 0 Å². The fourth-order valence-electron chi connectivity index (χ4n) is 0.498. The Morgan fingerprint density at radius 3 is 2.07 bits per heavy atom. The fourth-order valence-corrected chi connectivity index (χ4v) is 0.832. The molecule has 0 aromatic carbocycles. The van der Waals surface area contributed by atoms with Gasteiger partial charge in [-0.05, 0) is 13.8 Å². The molecule has 1 amide bonds. The predicted octanol–water partition coefficient (Wildman–Crippen LogP) is -1.85. The van der Waals surface area contributed by atoms with Crippen molar-refractivity contribution in [3.8, 4) is 0 Å². The fraction of sp³-hybridized carbons (Fsp3) is 0.800. The Morgan fingerprint density at radius 2 is 1.87 bits per heavy atom. The largest absolute Gasteiger partial charge is 1.00 e. The summed E-state index contributed by atoms with van der Waals surface area (Å²) < 4.78 is 58.6. The van der Waals surface area contributed by atoms with Crippen LogP contribution in [0.25, 0.3) is 0 Å². The van der Waals surface area contributed by atoms with Crippen LogP contribution in [-0.2, 0) is 16.0 Å². The first-order chi connectivity index (χ1) is 6.16. The van der Waals surface area contributed by atoms with Crippen LogP contribution in [0.15, 0.2) is 0 Å². The molecule has 0 saturated carbocycles. The van der Waals surface area contributed by atoms with Crippen LogP contribution in [0.3, 0.4) is 0 Å². The van der Waals surface area contributed by atoms with Crippen molar-refractivity contribution in [2.75, 3.05) is 0 Å². The van der Waals surface area contributed by atoms with Crippen LogP contribution in [0, 0.1) is 0 Å². The summed E-state index contributed by atoms with van der Waals surface area (Å²) in [7, 11) is 0. The van der Waals surface area contributed by atoms with Crippen molar-refractivity contribution >= 4 is 17.4 Å². The third-order valence-corrected chi connectivity index (χ3v) is 1.54. The van der Waals surface area contributed by atoms with Crippen molar-refractivity contribution in [3.63, 3.8) is 0 Å². The first-order valence-corrected chi connectivity index (χ1v) is 4.36. The minimum absolute atomic E-state index is 0. The number of ether oxygens (including phenoxy) is 1. The molecule has 0 aliphatic heterocycles. The number of nitrogens with zero attached hydrogens (tertiary/aromatic N) is 1. The van der Waals surface area contributed by atoms with Gasteiger partial charge in [-0.15, -0.1) is 17.5 Å². The second-order valence-electron chi connectivity index (χ2n) is 2.41. The van der Waals surface area contributed by atoms with Gasteiger partial charge in [0, 0.05) is 0 Å². The van der Waals surface area contributed by atoms with Crippen LogP contribution in [0.5, 0.6) is 0 Å². The third-order valence-electron chi connectivity index (χ3n) is 0.882. The summed E-state index contributed by atoms with van der Waals surface area (Å²) in [5.74, 6) is 0. The van der Waals surface area contributed by atoms with Crippen molar-refractivity contribution in [1.29, 1.82) is 0 Å². The van der Waals surface area contributed by atoms with Gasteiger partial charge in [0.15, 0.2) is 0 Å². The quantitative estimate of drug-likeness (QED) is 0.323. The Kier molecular flexibility index (Phi) is 7.29. The number of alkyl halides is 3. The Balaban J connectivity index is 0. The number of carbonyl (C=O) groups excluding carboxylic acids is 1. The van der Waals surface area contributed by atoms with Crippen LogP contribution in [-0.4, -0.2) is 31.6 Å². The predicted molar refractivity (Wildman–Crippen MR) is 38.4 cm³/mol. The maximum atomic E-state index is 11.9. The number of hydrogen-bond acceptors (Lipinski definition) is 4. The first kappa shape index (κ1) is 17.2. The molecule has 0 rings (SSSR count). The summed E-state index contributed by atoms with van der Waals surface area (Å²) >= 11 is -3.74. The van der Waals surface area contributed by atoms with Crippen LogP contribution in [0.4, 0.5) is 18.0 Å². The molecule has 5 nitrogen and oxygen atoms in total. The van der Waals surface area contributed by atoms with Crippen molar-refractivity contribution in [2.24, 2.45) is 0 Å². The van der Waals surface area contributed by atoms with E-state index in [0.29, 0.717) is 0 Å². The molecule has 0 heterocycles. The Morgan fingerprint density at radius 1 is 1.47 bits per heavy atom. The molecule has 0 aromatic heterocycles. The maximum absolute atomic E-state index is 11.9. The van der Waals surface area contributed by atoms with E-state index in [1.807, 2.05) is 0 Å². The summed E-state index contributed by atoms with van der Waals surface area (Å²) in [6, 6.07) is 0. The number of amides is 1. The molecular weight excluding hydrogens is 234 g/mol. The number of rotatable bonds is 2. The van der Waals surface area contributed by atoms with Crippen molar-refractivity contribution in [2.45, 2.75) is 26.3 Å². The minimum atomic E-state index is -5.31. The molecule has 15 heavy (non-hydrogen) atoms. The summed E-state index contributed by atoms with van der Waals surface area (Å²) in [6.07, 6.45) is -8.12. The first-order valence-electron chi connectivity index (χ1n) is 3.33. The van der Waals surface area contributed by atoms with E-state index >= 15 is 0 Å². The minimum Gasteiger partial charge on any atom is -0.755 e. The zero-order chi connectivity index (χ0) is 11.5. The van der Waals surface area contributed by atoms with Crippen molar-refractivity contribution < 1.29 is 50.3 Å². The van der Waals surface area contributed by atoms with Crippen LogP contribution >= 0.6 is 0 Å². The van der Waals surface area contributed by atoms with Gasteiger partial charge < -0.3 is 9.29 Å². The van der Waals surface area contributed by atoms with Gasteiger partial charge >= 0.3 is 31.3 Å². The van der Waals surface area contributed by atoms with E-state index < -0.39 is 34.1 Å². The smallest absolute Gasteiger partial charge is 0.755 e. The molecule has 10 heteroatoms. The summed E-state index contributed by atoms with van der Waals surface area (Å²) in [4.78, 5) is 10.6. The van der Waals surface area contributed by atoms with Gasteiger partial charge in [-0.25, -0.2) is 4.79 Å². The molecular formula is C5H7F3LiNO4S. The monoisotopic (exact) mass is 241 g/mol. The van der Waals surface area contributed by atoms with Gasteiger partial charge in [-0.3, -0.25) is 4.21 Å². The van der Waals surface area contributed by atoms with E-state index in [-0.39, 0.29) is 18.9 Å². The SMILES string of the molecule is CC(C)OC(=O)N(S(=O)[O-])C(F)(F)F.[Li+]. The number of carbonyl (C=O) groups is 1. The van der Waals surface area contributed by atoms with Crippen molar-refractivity contribution in [1.82, 2.24) is 4.31 Å². The number of hydrogen-bond donors (Lipinski definition) is 0. The summed E-state index contributed by atoms with van der Waals surface area (Å²) in [5, 5.41) is 0. The normalized spacial score (nSPS) is 13.0. The molecule has 0 aromatic rings. The zero-order valence-corrected chi connectivity index (χ0v) is 9.02. The standard InChI is InChI=1S/C5H8F3NO4S.Li/c1-3(2)13-4(10)9(14(11)12)5(6,7)8;/h3H,1-2H3,(H,11,12);/q;+1/p-1. The van der Waals surface area contributed by atoms with Gasteiger partial charge in [-0.2, -0.15) is 0 Å². The average molecular weight is 241 g/mol. The molecule has 0 aliphatic rings. The van der Waals surface area contributed by atoms with Gasteiger partial charge in [0.05, 0.1) is 17.4 Å². The van der Waals surface area contributed by atoms with E-state index in [9.17, 15) is 26.7 Å². The van der Waals surface area contributed by atoms with Crippen LogP contribution in [0.1, 0.15) is 13.8 Å². The topological polar surface area (TPSA) is 69.7 Å². The maximum Gasteiger partial charge on any atom is 1.00 e. The Bertz CT molecular complexity index is 247. The van der Waals surface area contributed by atoms with E-state index in [1.165, 1.54) is 13.8 Å². The van der Waals surface area contributed by atoms with Crippen LogP contribution < -0.4 is 18.9 Å². The molecule has 0 fully saturated rings.